The van der Waals surface area contributed by atoms with Crippen LogP contribution in [0.15, 0.2) is 11.2 Å². The Hall–Kier alpha value is -1.41. The van der Waals surface area contributed by atoms with Gasteiger partial charge in [0.15, 0.2) is 5.03 Å². The van der Waals surface area contributed by atoms with Crippen molar-refractivity contribution in [2.24, 2.45) is 0 Å². The molecule has 2 rings (SSSR count). The predicted octanol–water partition coefficient (Wildman–Crippen LogP) is 0.313. The summed E-state index contributed by atoms with van der Waals surface area (Å²) >= 11 is 0. The molecule has 0 aromatic carbocycles. The number of fused-ring (bicyclic) bond motifs is 1. The standard InChI is InChI=1S/C11H17N3O4S/c1-8(2)14(7-11(15)16)19(17,18)10-6-12-9-4-3-5-13(9)10/h6,8H,3-5,7H2,1-2H3,(H,15,16). The van der Waals surface area contributed by atoms with E-state index < -0.39 is 28.6 Å². The third kappa shape index (κ3) is 2.50. The third-order valence-electron chi connectivity index (χ3n) is 3.12. The number of sulfonamides is 1. The molecule has 106 valence electrons. The lowest BCUT2D eigenvalue weighted by Crippen LogP contribution is -2.41. The fourth-order valence-electron chi connectivity index (χ4n) is 2.23. The van der Waals surface area contributed by atoms with E-state index in [4.69, 9.17) is 5.11 Å². The summed E-state index contributed by atoms with van der Waals surface area (Å²) < 4.78 is 27.7. The molecule has 0 amide bonds. The van der Waals surface area contributed by atoms with Crippen LogP contribution in [0.5, 0.6) is 0 Å². The van der Waals surface area contributed by atoms with Crippen molar-refractivity contribution in [3.05, 3.63) is 12.0 Å². The third-order valence-corrected chi connectivity index (χ3v) is 5.15. The number of carboxylic acids is 1. The van der Waals surface area contributed by atoms with E-state index in [0.717, 1.165) is 23.0 Å². The van der Waals surface area contributed by atoms with Crippen molar-refractivity contribution >= 4 is 16.0 Å². The molecule has 0 atom stereocenters. The molecule has 0 saturated carbocycles. The number of hydrogen-bond acceptors (Lipinski definition) is 4. The number of imidazole rings is 1. The van der Waals surface area contributed by atoms with E-state index in [1.54, 1.807) is 18.4 Å². The second-order valence-corrected chi connectivity index (χ2v) is 6.64. The Kier molecular flexibility index (Phi) is 3.64. The van der Waals surface area contributed by atoms with Gasteiger partial charge in [-0.1, -0.05) is 0 Å². The van der Waals surface area contributed by atoms with Crippen molar-refractivity contribution in [1.29, 1.82) is 0 Å². The molecule has 1 aliphatic heterocycles. The average molecular weight is 287 g/mol. The molecule has 0 bridgehead atoms. The van der Waals surface area contributed by atoms with Crippen LogP contribution in [0.4, 0.5) is 0 Å². The molecule has 1 aliphatic rings. The molecule has 1 aromatic heterocycles. The molecule has 7 nitrogen and oxygen atoms in total. The molecule has 1 aromatic rings. The number of aryl methyl sites for hydroxylation is 1. The summed E-state index contributed by atoms with van der Waals surface area (Å²) in [5.41, 5.74) is 0. The lowest BCUT2D eigenvalue weighted by Gasteiger charge is -2.24. The number of rotatable bonds is 5. The molecule has 1 N–H and O–H groups in total. The van der Waals surface area contributed by atoms with Gasteiger partial charge in [0.2, 0.25) is 0 Å². The Balaban J connectivity index is 2.42. The number of carboxylic acid groups (broad SMARTS) is 1. The first-order chi connectivity index (χ1) is 8.84. The van der Waals surface area contributed by atoms with E-state index in [2.05, 4.69) is 4.98 Å². The van der Waals surface area contributed by atoms with Crippen molar-refractivity contribution in [3.63, 3.8) is 0 Å². The lowest BCUT2D eigenvalue weighted by atomic mass is 10.4. The van der Waals surface area contributed by atoms with Crippen LogP contribution >= 0.6 is 0 Å². The monoisotopic (exact) mass is 287 g/mol. The maximum atomic E-state index is 12.5. The largest absolute Gasteiger partial charge is 0.480 e. The van der Waals surface area contributed by atoms with Gasteiger partial charge in [-0.25, -0.2) is 13.4 Å². The van der Waals surface area contributed by atoms with E-state index in [1.165, 1.54) is 6.20 Å². The van der Waals surface area contributed by atoms with E-state index in [0.29, 0.717) is 6.54 Å². The highest BCUT2D eigenvalue weighted by atomic mass is 32.2. The minimum absolute atomic E-state index is 0.0925. The predicted molar refractivity (Wildman–Crippen MR) is 67.2 cm³/mol. The van der Waals surface area contributed by atoms with Gasteiger partial charge in [-0.15, -0.1) is 0 Å². The summed E-state index contributed by atoms with van der Waals surface area (Å²) in [6.07, 6.45) is 2.95. The quantitative estimate of drug-likeness (QED) is 0.841. The summed E-state index contributed by atoms with van der Waals surface area (Å²) in [6.45, 7) is 3.38. The average Bonchev–Trinajstić information content (AvgIpc) is 2.85. The molecule has 2 heterocycles. The van der Waals surface area contributed by atoms with Gasteiger partial charge in [0, 0.05) is 19.0 Å². The Bertz CT molecular complexity index is 591. The molecule has 19 heavy (non-hydrogen) atoms. The lowest BCUT2D eigenvalue weighted by molar-refractivity contribution is -0.137. The van der Waals surface area contributed by atoms with Crippen molar-refractivity contribution in [1.82, 2.24) is 13.9 Å². The number of carbonyl (C=O) groups is 1. The van der Waals surface area contributed by atoms with Crippen LogP contribution in [-0.2, 0) is 27.8 Å². The number of aliphatic carboxylic acids is 1. The van der Waals surface area contributed by atoms with Gasteiger partial charge in [-0.2, -0.15) is 4.31 Å². The van der Waals surface area contributed by atoms with Gasteiger partial charge in [-0.3, -0.25) is 4.79 Å². The Labute approximate surface area is 111 Å². The smallest absolute Gasteiger partial charge is 0.318 e. The van der Waals surface area contributed by atoms with Gasteiger partial charge in [0.05, 0.1) is 6.20 Å². The zero-order valence-corrected chi connectivity index (χ0v) is 11.7. The maximum absolute atomic E-state index is 12.5. The molecule has 0 unspecified atom stereocenters. The van der Waals surface area contributed by atoms with Crippen molar-refractivity contribution < 1.29 is 18.3 Å². The number of hydrogen-bond donors (Lipinski definition) is 1. The van der Waals surface area contributed by atoms with Crippen LogP contribution in [0, 0.1) is 0 Å². The molecule has 0 radical (unpaired) electrons. The zero-order chi connectivity index (χ0) is 14.2. The number of nitrogens with zero attached hydrogens (tertiary/aromatic N) is 3. The molecular weight excluding hydrogens is 270 g/mol. The molecule has 8 heteroatoms. The van der Waals surface area contributed by atoms with Crippen LogP contribution in [0.25, 0.3) is 0 Å². The van der Waals surface area contributed by atoms with E-state index in [-0.39, 0.29) is 5.03 Å². The fourth-order valence-corrected chi connectivity index (χ4v) is 3.97. The Morgan fingerprint density at radius 3 is 2.84 bits per heavy atom. The van der Waals surface area contributed by atoms with Crippen molar-refractivity contribution in [2.45, 2.75) is 44.3 Å². The summed E-state index contributed by atoms with van der Waals surface area (Å²) in [5, 5.41) is 8.95. The number of aromatic nitrogens is 2. The van der Waals surface area contributed by atoms with Gasteiger partial charge in [0.25, 0.3) is 10.0 Å². The van der Waals surface area contributed by atoms with Gasteiger partial charge >= 0.3 is 5.97 Å². The first kappa shape index (κ1) is 14.0. The van der Waals surface area contributed by atoms with E-state index in [1.807, 2.05) is 0 Å². The summed E-state index contributed by atoms with van der Waals surface area (Å²) in [7, 11) is -3.82. The highest BCUT2D eigenvalue weighted by molar-refractivity contribution is 7.89. The molecular formula is C11H17N3O4S. The van der Waals surface area contributed by atoms with Crippen LogP contribution < -0.4 is 0 Å². The highest BCUT2D eigenvalue weighted by Gasteiger charge is 2.33. The summed E-state index contributed by atoms with van der Waals surface area (Å²) in [5.74, 6) is -0.420. The van der Waals surface area contributed by atoms with Crippen molar-refractivity contribution in [2.75, 3.05) is 6.54 Å². The minimum atomic E-state index is -3.82. The van der Waals surface area contributed by atoms with Gasteiger partial charge in [0.1, 0.15) is 12.4 Å². The minimum Gasteiger partial charge on any atom is -0.480 e. The SMILES string of the molecule is CC(C)N(CC(=O)O)S(=O)(=O)c1cnc2n1CCC2. The van der Waals surface area contributed by atoms with Crippen LogP contribution in [0.1, 0.15) is 26.1 Å². The molecule has 0 saturated heterocycles. The van der Waals surface area contributed by atoms with Gasteiger partial charge in [-0.05, 0) is 20.3 Å². The first-order valence-corrected chi connectivity index (χ1v) is 7.56. The zero-order valence-electron chi connectivity index (χ0n) is 10.9. The van der Waals surface area contributed by atoms with E-state index >= 15 is 0 Å². The Morgan fingerprint density at radius 2 is 2.26 bits per heavy atom. The highest BCUT2D eigenvalue weighted by Crippen LogP contribution is 2.23. The van der Waals surface area contributed by atoms with Crippen LogP contribution in [0.2, 0.25) is 0 Å². The molecule has 0 spiro atoms. The first-order valence-electron chi connectivity index (χ1n) is 6.12. The normalized spacial score (nSPS) is 15.2. The van der Waals surface area contributed by atoms with Crippen molar-refractivity contribution in [3.8, 4) is 0 Å². The topological polar surface area (TPSA) is 92.5 Å². The Morgan fingerprint density at radius 1 is 1.58 bits per heavy atom. The fraction of sp³-hybridized carbons (Fsp3) is 0.636. The molecule has 0 aliphatic carbocycles. The summed E-state index contributed by atoms with van der Waals surface area (Å²) in [6, 6.07) is -0.423. The second-order valence-electron chi connectivity index (χ2n) is 4.81. The maximum Gasteiger partial charge on any atom is 0.318 e. The second kappa shape index (κ2) is 4.93. The van der Waals surface area contributed by atoms with Crippen LogP contribution in [0.3, 0.4) is 0 Å². The molecule has 0 fully saturated rings. The summed E-state index contributed by atoms with van der Waals surface area (Å²) in [4.78, 5) is 14.9. The van der Waals surface area contributed by atoms with Crippen LogP contribution in [-0.4, -0.2) is 45.9 Å². The van der Waals surface area contributed by atoms with Gasteiger partial charge < -0.3 is 9.67 Å². The van der Waals surface area contributed by atoms with E-state index in [9.17, 15) is 13.2 Å².